The van der Waals surface area contributed by atoms with Crippen LogP contribution in [0.1, 0.15) is 61.3 Å². The Labute approximate surface area is 185 Å². The van der Waals surface area contributed by atoms with Crippen molar-refractivity contribution in [3.63, 3.8) is 0 Å². The van der Waals surface area contributed by atoms with E-state index in [0.717, 1.165) is 37.5 Å². The SMILES string of the molecule is C.CCS(=O)N[C@@H](CN1CC[C@H](C2=CC=C(Cl)CC2)C(C)(C)C1)C(C)C.O.O.O. The maximum absolute atomic E-state index is 11.9. The van der Waals surface area contributed by atoms with E-state index in [1.807, 2.05) is 6.92 Å². The lowest BCUT2D eigenvalue weighted by molar-refractivity contribution is 0.0629. The molecule has 0 aromatic carbocycles. The second-order valence-electron chi connectivity index (χ2n) is 8.52. The number of allylic oxidation sites excluding steroid dienone is 4. The van der Waals surface area contributed by atoms with Crippen LogP contribution in [-0.4, -0.2) is 57.0 Å². The Morgan fingerprint density at radius 2 is 1.86 bits per heavy atom. The van der Waals surface area contributed by atoms with Crippen molar-refractivity contribution in [1.82, 2.24) is 9.62 Å². The molecule has 1 heterocycles. The van der Waals surface area contributed by atoms with Gasteiger partial charge in [0.15, 0.2) is 0 Å². The van der Waals surface area contributed by atoms with Gasteiger partial charge in [0.05, 0.1) is 11.0 Å². The molecule has 0 amide bonds. The predicted molar refractivity (Wildman–Crippen MR) is 128 cm³/mol. The molecule has 29 heavy (non-hydrogen) atoms. The van der Waals surface area contributed by atoms with Crippen LogP contribution in [0.3, 0.4) is 0 Å². The summed E-state index contributed by atoms with van der Waals surface area (Å²) in [7, 11) is -0.920. The summed E-state index contributed by atoms with van der Waals surface area (Å²) in [6.45, 7) is 14.4. The lowest BCUT2D eigenvalue weighted by atomic mass is 9.68. The first-order chi connectivity index (χ1) is 11.7. The molecule has 1 aliphatic carbocycles. The maximum atomic E-state index is 11.9. The van der Waals surface area contributed by atoms with E-state index in [4.69, 9.17) is 11.6 Å². The van der Waals surface area contributed by atoms with Crippen LogP contribution in [0.25, 0.3) is 0 Å². The zero-order valence-corrected chi connectivity index (χ0v) is 19.6. The minimum Gasteiger partial charge on any atom is -0.412 e. The standard InChI is InChI=1S/C20H35ClN2OS.CH4.3H2O/c1-6-25(24)22-19(15(2)3)13-23-12-11-18(20(4,5)14-23)16-7-9-17(21)10-8-16;;;;/h7,9,15,18-19,22H,6,8,10-14H2,1-5H3;1H4;3*1H2/t18-,19+,25?;;;;/m1..../s1. The van der Waals surface area contributed by atoms with E-state index in [-0.39, 0.29) is 35.3 Å². The topological polar surface area (TPSA) is 127 Å². The minimum atomic E-state index is -0.920. The molecule has 2 aliphatic rings. The number of hydrogen-bond donors (Lipinski definition) is 1. The molecule has 0 spiro atoms. The highest BCUT2D eigenvalue weighted by Crippen LogP contribution is 2.42. The number of nitrogens with zero attached hydrogens (tertiary/aromatic N) is 1. The summed E-state index contributed by atoms with van der Waals surface area (Å²) < 4.78 is 15.3. The number of hydrogen-bond acceptors (Lipinski definition) is 2. The van der Waals surface area contributed by atoms with Crippen LogP contribution >= 0.6 is 11.6 Å². The smallest absolute Gasteiger partial charge is 0.0915 e. The molecule has 176 valence electrons. The fourth-order valence-electron chi connectivity index (χ4n) is 4.14. The van der Waals surface area contributed by atoms with Crippen molar-refractivity contribution >= 4 is 22.6 Å². The third-order valence-electron chi connectivity index (χ3n) is 5.69. The summed E-state index contributed by atoms with van der Waals surface area (Å²) in [5.74, 6) is 1.78. The van der Waals surface area contributed by atoms with Crippen LogP contribution in [0.2, 0.25) is 0 Å². The molecule has 0 bridgehead atoms. The number of nitrogens with one attached hydrogen (secondary N) is 1. The molecule has 0 aromatic heterocycles. The highest BCUT2D eigenvalue weighted by atomic mass is 35.5. The first-order valence-electron chi connectivity index (χ1n) is 9.65. The Morgan fingerprint density at radius 1 is 1.24 bits per heavy atom. The van der Waals surface area contributed by atoms with Gasteiger partial charge in [-0.2, -0.15) is 0 Å². The largest absolute Gasteiger partial charge is 0.412 e. The maximum Gasteiger partial charge on any atom is 0.0915 e. The molecule has 8 heteroatoms. The van der Waals surface area contributed by atoms with Gasteiger partial charge in [0, 0.05) is 29.9 Å². The Balaban J connectivity index is -0.00000169. The van der Waals surface area contributed by atoms with E-state index >= 15 is 0 Å². The molecule has 1 saturated heterocycles. The first-order valence-corrected chi connectivity index (χ1v) is 11.3. The van der Waals surface area contributed by atoms with Crippen molar-refractivity contribution in [3.05, 3.63) is 22.8 Å². The molecule has 2 rings (SSSR count). The average Bonchev–Trinajstić information content (AvgIpc) is 2.54. The summed E-state index contributed by atoms with van der Waals surface area (Å²) in [5, 5.41) is 0.980. The van der Waals surface area contributed by atoms with E-state index in [9.17, 15) is 4.21 Å². The minimum absolute atomic E-state index is 0. The van der Waals surface area contributed by atoms with Gasteiger partial charge in [0.2, 0.25) is 0 Å². The molecule has 1 fully saturated rings. The van der Waals surface area contributed by atoms with Crippen molar-refractivity contribution in [2.75, 3.05) is 25.4 Å². The van der Waals surface area contributed by atoms with Crippen molar-refractivity contribution in [3.8, 4) is 0 Å². The van der Waals surface area contributed by atoms with Crippen molar-refractivity contribution < 1.29 is 20.6 Å². The number of likely N-dealkylation sites (tertiary alicyclic amines) is 1. The van der Waals surface area contributed by atoms with E-state index in [1.165, 1.54) is 6.42 Å². The summed E-state index contributed by atoms with van der Waals surface area (Å²) in [6, 6.07) is 0.281. The Bertz CT molecular complexity index is 553. The average molecular weight is 457 g/mol. The number of halogens is 1. The second-order valence-corrected chi connectivity index (χ2v) is 10.5. The van der Waals surface area contributed by atoms with Gasteiger partial charge in [0.25, 0.3) is 0 Å². The van der Waals surface area contributed by atoms with Crippen molar-refractivity contribution in [2.45, 2.75) is 67.3 Å². The molecule has 0 radical (unpaired) electrons. The molecule has 1 unspecified atom stereocenters. The third-order valence-corrected chi connectivity index (χ3v) is 7.10. The molecule has 0 saturated carbocycles. The van der Waals surface area contributed by atoms with Crippen molar-refractivity contribution in [2.24, 2.45) is 17.3 Å². The van der Waals surface area contributed by atoms with Gasteiger partial charge in [-0.1, -0.05) is 65.3 Å². The molecule has 7 N–H and O–H groups in total. The van der Waals surface area contributed by atoms with Gasteiger partial charge < -0.3 is 21.3 Å². The number of piperidine rings is 1. The summed E-state index contributed by atoms with van der Waals surface area (Å²) in [6.07, 6.45) is 7.64. The molecule has 3 atom stereocenters. The molecular weight excluding hydrogens is 412 g/mol. The Morgan fingerprint density at radius 3 is 2.31 bits per heavy atom. The van der Waals surface area contributed by atoms with E-state index in [0.29, 0.717) is 17.6 Å². The summed E-state index contributed by atoms with van der Waals surface area (Å²) in [4.78, 5) is 2.56. The van der Waals surface area contributed by atoms with Crippen LogP contribution in [0, 0.1) is 17.3 Å². The van der Waals surface area contributed by atoms with Gasteiger partial charge in [-0.15, -0.1) is 0 Å². The molecular formula is C21H45ClN2O4S. The zero-order chi connectivity index (χ0) is 18.6. The highest BCUT2D eigenvalue weighted by molar-refractivity contribution is 7.82. The zero-order valence-electron chi connectivity index (χ0n) is 18.0. The monoisotopic (exact) mass is 456 g/mol. The molecule has 1 aliphatic heterocycles. The Hall–Kier alpha value is -0.280. The van der Waals surface area contributed by atoms with Crippen LogP contribution in [0.15, 0.2) is 22.8 Å². The van der Waals surface area contributed by atoms with Crippen molar-refractivity contribution in [1.29, 1.82) is 0 Å². The van der Waals surface area contributed by atoms with E-state index < -0.39 is 11.0 Å². The predicted octanol–water partition coefficient (Wildman–Crippen LogP) is 2.64. The van der Waals surface area contributed by atoms with E-state index in [2.05, 4.69) is 49.5 Å². The lowest BCUT2D eigenvalue weighted by Crippen LogP contribution is -2.52. The van der Waals surface area contributed by atoms with Crippen LogP contribution in [0.5, 0.6) is 0 Å². The van der Waals surface area contributed by atoms with Crippen LogP contribution < -0.4 is 4.72 Å². The summed E-state index contributed by atoms with van der Waals surface area (Å²) in [5.41, 5.74) is 1.83. The second kappa shape index (κ2) is 14.7. The molecule has 6 nitrogen and oxygen atoms in total. The summed E-state index contributed by atoms with van der Waals surface area (Å²) >= 11 is 6.13. The van der Waals surface area contributed by atoms with Crippen LogP contribution in [0.4, 0.5) is 0 Å². The van der Waals surface area contributed by atoms with Gasteiger partial charge in [0.1, 0.15) is 0 Å². The quantitative estimate of drug-likeness (QED) is 0.631. The van der Waals surface area contributed by atoms with Gasteiger partial charge in [-0.25, -0.2) is 8.93 Å². The lowest BCUT2D eigenvalue weighted by Gasteiger charge is -2.47. The van der Waals surface area contributed by atoms with Gasteiger partial charge in [-0.3, -0.25) is 0 Å². The van der Waals surface area contributed by atoms with Gasteiger partial charge in [-0.05, 0) is 49.1 Å². The van der Waals surface area contributed by atoms with E-state index in [1.54, 1.807) is 5.57 Å². The first kappa shape index (κ1) is 33.4. The Kier molecular flexibility index (Phi) is 16.9. The third kappa shape index (κ3) is 9.59. The fourth-order valence-corrected chi connectivity index (χ4v) is 5.15. The normalized spacial score (nSPS) is 23.2. The fraction of sp³-hybridized carbons (Fsp3) is 0.810. The molecule has 0 aromatic rings. The van der Waals surface area contributed by atoms with Crippen LogP contribution in [-0.2, 0) is 11.0 Å². The number of rotatable bonds is 7. The highest BCUT2D eigenvalue weighted by Gasteiger charge is 2.38. The van der Waals surface area contributed by atoms with Gasteiger partial charge >= 0.3 is 0 Å².